The summed E-state index contributed by atoms with van der Waals surface area (Å²) in [6, 6.07) is 12.4. The summed E-state index contributed by atoms with van der Waals surface area (Å²) in [7, 11) is 0. The van der Waals surface area contributed by atoms with Crippen molar-refractivity contribution in [2.24, 2.45) is 0 Å². The van der Waals surface area contributed by atoms with Gasteiger partial charge < -0.3 is 15.3 Å². The highest BCUT2D eigenvalue weighted by Crippen LogP contribution is 2.27. The second-order valence-electron chi connectivity index (χ2n) is 6.76. The molecule has 1 saturated heterocycles. The fourth-order valence-corrected chi connectivity index (χ4v) is 3.36. The van der Waals surface area contributed by atoms with E-state index in [-0.39, 0.29) is 11.5 Å². The summed E-state index contributed by atoms with van der Waals surface area (Å²) < 4.78 is 0. The van der Waals surface area contributed by atoms with Crippen molar-refractivity contribution >= 4 is 23.3 Å². The highest BCUT2D eigenvalue weighted by Gasteiger charge is 2.18. The number of carboxylic acid groups (broad SMARTS) is 1. The number of hydrogen-bond acceptors (Lipinski definition) is 3. The lowest BCUT2D eigenvalue weighted by atomic mass is 10.1. The van der Waals surface area contributed by atoms with E-state index in [1.54, 1.807) is 30.3 Å². The molecule has 1 aliphatic rings. The third kappa shape index (κ3) is 4.23. The zero-order valence-corrected chi connectivity index (χ0v) is 15.0. The topological polar surface area (TPSA) is 69.6 Å². The van der Waals surface area contributed by atoms with Gasteiger partial charge in [0.05, 0.1) is 11.3 Å². The monoisotopic (exact) mass is 352 g/mol. The standard InChI is InChI=1S/C21H24N2O3/c1-15-7-6-8-16(13-15)20(24)22-17-9-10-19(18(14-17)21(25)26)23-11-4-2-3-5-12-23/h6-10,13-14H,2-5,11-12H2,1H3,(H,22,24)(H,25,26). The maximum absolute atomic E-state index is 12.4. The minimum atomic E-state index is -0.976. The Hall–Kier alpha value is -2.82. The van der Waals surface area contributed by atoms with Gasteiger partial charge >= 0.3 is 5.97 Å². The predicted octanol–water partition coefficient (Wildman–Crippen LogP) is 4.33. The molecule has 0 bridgehead atoms. The molecule has 0 atom stereocenters. The van der Waals surface area contributed by atoms with Gasteiger partial charge in [0, 0.05) is 24.3 Å². The molecule has 0 unspecified atom stereocenters. The van der Waals surface area contributed by atoms with Crippen molar-refractivity contribution < 1.29 is 14.7 Å². The average Bonchev–Trinajstić information content (AvgIpc) is 2.91. The smallest absolute Gasteiger partial charge is 0.337 e. The molecule has 0 spiro atoms. The summed E-state index contributed by atoms with van der Waals surface area (Å²) in [6.07, 6.45) is 4.52. The molecule has 0 saturated carbocycles. The number of nitrogens with one attached hydrogen (secondary N) is 1. The number of nitrogens with zero attached hydrogens (tertiary/aromatic N) is 1. The Morgan fingerprint density at radius 3 is 2.38 bits per heavy atom. The zero-order chi connectivity index (χ0) is 18.5. The number of carbonyl (C=O) groups excluding carboxylic acids is 1. The molecular formula is C21H24N2O3. The number of amides is 1. The highest BCUT2D eigenvalue weighted by molar-refractivity contribution is 6.05. The fraction of sp³-hybridized carbons (Fsp3) is 0.333. The molecule has 1 heterocycles. The molecule has 1 fully saturated rings. The van der Waals surface area contributed by atoms with Crippen molar-refractivity contribution in [3.63, 3.8) is 0 Å². The van der Waals surface area contributed by atoms with Gasteiger partial charge in [-0.15, -0.1) is 0 Å². The normalized spacial score (nSPS) is 14.6. The van der Waals surface area contributed by atoms with Crippen LogP contribution in [0.15, 0.2) is 42.5 Å². The van der Waals surface area contributed by atoms with Crippen LogP contribution in [0.4, 0.5) is 11.4 Å². The van der Waals surface area contributed by atoms with Gasteiger partial charge in [0.2, 0.25) is 0 Å². The molecule has 5 nitrogen and oxygen atoms in total. The largest absolute Gasteiger partial charge is 0.478 e. The van der Waals surface area contributed by atoms with Crippen molar-refractivity contribution in [2.45, 2.75) is 32.6 Å². The van der Waals surface area contributed by atoms with Crippen LogP contribution >= 0.6 is 0 Å². The zero-order valence-electron chi connectivity index (χ0n) is 15.0. The van der Waals surface area contributed by atoms with Crippen molar-refractivity contribution in [3.05, 3.63) is 59.2 Å². The number of aromatic carboxylic acids is 1. The molecule has 136 valence electrons. The van der Waals surface area contributed by atoms with E-state index in [0.717, 1.165) is 37.2 Å². The minimum absolute atomic E-state index is 0.231. The Labute approximate surface area is 153 Å². The van der Waals surface area contributed by atoms with Crippen LogP contribution in [-0.2, 0) is 0 Å². The second-order valence-corrected chi connectivity index (χ2v) is 6.76. The lowest BCUT2D eigenvalue weighted by Crippen LogP contribution is -2.26. The quantitative estimate of drug-likeness (QED) is 0.859. The highest BCUT2D eigenvalue weighted by atomic mass is 16.4. The van der Waals surface area contributed by atoms with Crippen LogP contribution in [0.5, 0.6) is 0 Å². The molecule has 1 aliphatic heterocycles. The van der Waals surface area contributed by atoms with Crippen LogP contribution in [0.3, 0.4) is 0 Å². The van der Waals surface area contributed by atoms with E-state index in [9.17, 15) is 14.7 Å². The molecule has 0 radical (unpaired) electrons. The molecular weight excluding hydrogens is 328 g/mol. The van der Waals surface area contributed by atoms with E-state index in [1.807, 2.05) is 19.1 Å². The van der Waals surface area contributed by atoms with Gasteiger partial charge in [-0.1, -0.05) is 30.5 Å². The predicted molar refractivity (Wildman–Crippen MR) is 103 cm³/mol. The molecule has 0 aliphatic carbocycles. The summed E-state index contributed by atoms with van der Waals surface area (Å²) in [5.74, 6) is -1.22. The molecule has 5 heteroatoms. The first-order valence-corrected chi connectivity index (χ1v) is 9.05. The molecule has 1 amide bonds. The molecule has 2 aromatic rings. The lowest BCUT2D eigenvalue weighted by Gasteiger charge is -2.24. The first-order chi connectivity index (χ1) is 12.5. The Morgan fingerprint density at radius 1 is 1.00 bits per heavy atom. The van der Waals surface area contributed by atoms with E-state index in [4.69, 9.17) is 0 Å². The average molecular weight is 352 g/mol. The molecule has 26 heavy (non-hydrogen) atoms. The maximum Gasteiger partial charge on any atom is 0.337 e. The Bertz CT molecular complexity index is 809. The van der Waals surface area contributed by atoms with Gasteiger partial charge in [0.15, 0.2) is 0 Å². The summed E-state index contributed by atoms with van der Waals surface area (Å²) in [4.78, 5) is 26.3. The summed E-state index contributed by atoms with van der Waals surface area (Å²) in [6.45, 7) is 3.67. The van der Waals surface area contributed by atoms with Gasteiger partial charge in [0.1, 0.15) is 0 Å². The first kappa shape index (κ1) is 18.0. The lowest BCUT2D eigenvalue weighted by molar-refractivity contribution is 0.0697. The SMILES string of the molecule is Cc1cccc(C(=O)Nc2ccc(N3CCCCCC3)c(C(=O)O)c2)c1. The van der Waals surface area contributed by atoms with E-state index >= 15 is 0 Å². The fourth-order valence-electron chi connectivity index (χ4n) is 3.36. The van der Waals surface area contributed by atoms with E-state index < -0.39 is 5.97 Å². The third-order valence-corrected chi connectivity index (χ3v) is 4.71. The molecule has 3 rings (SSSR count). The number of anilines is 2. The van der Waals surface area contributed by atoms with Crippen LogP contribution < -0.4 is 10.2 Å². The summed E-state index contributed by atoms with van der Waals surface area (Å²) in [5.41, 5.74) is 3.01. The molecule has 0 aromatic heterocycles. The van der Waals surface area contributed by atoms with E-state index in [0.29, 0.717) is 11.3 Å². The number of aryl methyl sites for hydroxylation is 1. The number of rotatable bonds is 4. The van der Waals surface area contributed by atoms with E-state index in [1.165, 1.54) is 12.8 Å². The van der Waals surface area contributed by atoms with Crippen LogP contribution in [0.25, 0.3) is 0 Å². The van der Waals surface area contributed by atoms with Gasteiger partial charge in [-0.2, -0.15) is 0 Å². The summed E-state index contributed by atoms with van der Waals surface area (Å²) in [5, 5.41) is 12.4. The van der Waals surface area contributed by atoms with Gasteiger partial charge in [-0.25, -0.2) is 4.79 Å². The van der Waals surface area contributed by atoms with Gasteiger partial charge in [-0.3, -0.25) is 4.79 Å². The second kappa shape index (κ2) is 8.04. The minimum Gasteiger partial charge on any atom is -0.478 e. The Balaban J connectivity index is 1.84. The van der Waals surface area contributed by atoms with Crippen LogP contribution in [0.2, 0.25) is 0 Å². The van der Waals surface area contributed by atoms with Gasteiger partial charge in [0.25, 0.3) is 5.91 Å². The van der Waals surface area contributed by atoms with Crippen molar-refractivity contribution in [1.29, 1.82) is 0 Å². The van der Waals surface area contributed by atoms with Crippen LogP contribution in [-0.4, -0.2) is 30.1 Å². The van der Waals surface area contributed by atoms with Gasteiger partial charge in [-0.05, 0) is 50.1 Å². The van der Waals surface area contributed by atoms with Crippen molar-refractivity contribution in [2.75, 3.05) is 23.3 Å². The number of carbonyl (C=O) groups is 2. The first-order valence-electron chi connectivity index (χ1n) is 9.05. The molecule has 2 aromatic carbocycles. The third-order valence-electron chi connectivity index (χ3n) is 4.71. The maximum atomic E-state index is 12.4. The number of hydrogen-bond donors (Lipinski definition) is 2. The number of carboxylic acids is 1. The van der Waals surface area contributed by atoms with Crippen molar-refractivity contribution in [1.82, 2.24) is 0 Å². The van der Waals surface area contributed by atoms with Crippen LogP contribution in [0.1, 0.15) is 52.0 Å². The molecule has 2 N–H and O–H groups in total. The van der Waals surface area contributed by atoms with Crippen LogP contribution in [0, 0.1) is 6.92 Å². The Kier molecular flexibility index (Phi) is 5.56. The van der Waals surface area contributed by atoms with Crippen molar-refractivity contribution in [3.8, 4) is 0 Å². The Morgan fingerprint density at radius 2 is 1.73 bits per heavy atom. The summed E-state index contributed by atoms with van der Waals surface area (Å²) >= 11 is 0. The van der Waals surface area contributed by atoms with E-state index in [2.05, 4.69) is 10.2 Å². The number of benzene rings is 2.